The van der Waals surface area contributed by atoms with E-state index in [9.17, 15) is 14.4 Å². The Morgan fingerprint density at radius 3 is 2.68 bits per heavy atom. The van der Waals surface area contributed by atoms with Crippen molar-refractivity contribution in [1.82, 2.24) is 20.5 Å². The highest BCUT2D eigenvalue weighted by Gasteiger charge is 2.24. The lowest BCUT2D eigenvalue weighted by atomic mass is 10.1. The maximum absolute atomic E-state index is 12.4. The second kappa shape index (κ2) is 8.84. The van der Waals surface area contributed by atoms with Crippen LogP contribution in [-0.4, -0.2) is 53.7 Å². The molecule has 2 heterocycles. The molecule has 1 aliphatic rings. The zero-order valence-corrected chi connectivity index (χ0v) is 16.2. The summed E-state index contributed by atoms with van der Waals surface area (Å²) in [4.78, 5) is 40.8. The predicted molar refractivity (Wildman–Crippen MR) is 106 cm³/mol. The molecule has 1 aliphatic heterocycles. The SMILES string of the molecule is Cc1[nH]c(C=O)c(C)c1C(=O)NCC(=O)NC1CCN(Cc2ccccc2)C1. The Balaban J connectivity index is 1.45. The Morgan fingerprint density at radius 2 is 2.00 bits per heavy atom. The summed E-state index contributed by atoms with van der Waals surface area (Å²) in [6, 6.07) is 10.3. The molecule has 0 bridgehead atoms. The number of carbonyl (C=O) groups is 3. The van der Waals surface area contributed by atoms with Crippen LogP contribution in [0, 0.1) is 13.8 Å². The first kappa shape index (κ1) is 19.8. The molecule has 7 heteroatoms. The lowest BCUT2D eigenvalue weighted by Crippen LogP contribution is -2.43. The van der Waals surface area contributed by atoms with E-state index >= 15 is 0 Å². The first-order valence-electron chi connectivity index (χ1n) is 9.46. The molecule has 0 spiro atoms. The maximum atomic E-state index is 12.4. The van der Waals surface area contributed by atoms with Crippen LogP contribution in [0.1, 0.15) is 44.1 Å². The summed E-state index contributed by atoms with van der Waals surface area (Å²) in [5, 5.41) is 5.63. The fourth-order valence-electron chi connectivity index (χ4n) is 3.70. The molecule has 28 heavy (non-hydrogen) atoms. The van der Waals surface area contributed by atoms with E-state index in [1.54, 1.807) is 13.8 Å². The molecular formula is C21H26N4O3. The smallest absolute Gasteiger partial charge is 0.253 e. The number of benzene rings is 1. The summed E-state index contributed by atoms with van der Waals surface area (Å²) < 4.78 is 0. The van der Waals surface area contributed by atoms with Gasteiger partial charge in [0.2, 0.25) is 5.91 Å². The normalized spacial score (nSPS) is 16.7. The average Bonchev–Trinajstić information content (AvgIpc) is 3.23. The van der Waals surface area contributed by atoms with Gasteiger partial charge in [-0.15, -0.1) is 0 Å². The van der Waals surface area contributed by atoms with Crippen LogP contribution in [0.4, 0.5) is 0 Å². The third-order valence-electron chi connectivity index (χ3n) is 5.12. The van der Waals surface area contributed by atoms with Crippen LogP contribution in [0.15, 0.2) is 30.3 Å². The molecule has 148 valence electrons. The van der Waals surface area contributed by atoms with Crippen molar-refractivity contribution in [1.29, 1.82) is 0 Å². The second-order valence-electron chi connectivity index (χ2n) is 7.24. The number of aryl methyl sites for hydroxylation is 1. The fourth-order valence-corrected chi connectivity index (χ4v) is 3.70. The van der Waals surface area contributed by atoms with Crippen molar-refractivity contribution in [3.8, 4) is 0 Å². The van der Waals surface area contributed by atoms with Crippen LogP contribution in [-0.2, 0) is 11.3 Å². The van der Waals surface area contributed by atoms with Crippen LogP contribution in [0.5, 0.6) is 0 Å². The zero-order chi connectivity index (χ0) is 20.1. The summed E-state index contributed by atoms with van der Waals surface area (Å²) in [5.41, 5.74) is 3.28. The Kier molecular flexibility index (Phi) is 6.26. The minimum absolute atomic E-state index is 0.0884. The number of aromatic nitrogens is 1. The maximum Gasteiger partial charge on any atom is 0.253 e. The lowest BCUT2D eigenvalue weighted by Gasteiger charge is -2.17. The summed E-state index contributed by atoms with van der Waals surface area (Å²) in [6.07, 6.45) is 1.58. The van der Waals surface area contributed by atoms with E-state index in [1.807, 2.05) is 18.2 Å². The van der Waals surface area contributed by atoms with Gasteiger partial charge in [0.15, 0.2) is 6.29 Å². The van der Waals surface area contributed by atoms with E-state index in [2.05, 4.69) is 32.7 Å². The van der Waals surface area contributed by atoms with Gasteiger partial charge in [0.05, 0.1) is 17.8 Å². The highest BCUT2D eigenvalue weighted by Crippen LogP contribution is 2.16. The standard InChI is InChI=1S/C21H26N4O3/c1-14-18(13-26)23-15(2)20(14)21(28)22-10-19(27)24-17-8-9-25(12-17)11-16-6-4-3-5-7-16/h3-7,13,17,23H,8-12H2,1-2H3,(H,22,28)(H,24,27). The number of aromatic amines is 1. The van der Waals surface area contributed by atoms with Gasteiger partial charge in [0.25, 0.3) is 5.91 Å². The molecule has 1 aromatic carbocycles. The Labute approximate surface area is 164 Å². The first-order valence-corrected chi connectivity index (χ1v) is 9.46. The van der Waals surface area contributed by atoms with Gasteiger partial charge in [-0.05, 0) is 31.4 Å². The number of amides is 2. The summed E-state index contributed by atoms with van der Waals surface area (Å²) in [6.45, 7) is 5.95. The van der Waals surface area contributed by atoms with Crippen LogP contribution in [0.3, 0.4) is 0 Å². The monoisotopic (exact) mass is 382 g/mol. The first-order chi connectivity index (χ1) is 13.5. The van der Waals surface area contributed by atoms with E-state index < -0.39 is 0 Å². The molecule has 0 saturated carbocycles. The summed E-state index contributed by atoms with van der Waals surface area (Å²) in [7, 11) is 0. The van der Waals surface area contributed by atoms with Gasteiger partial charge in [0, 0.05) is 31.4 Å². The van der Waals surface area contributed by atoms with Crippen molar-refractivity contribution in [2.75, 3.05) is 19.6 Å². The Hall–Kier alpha value is -2.93. The van der Waals surface area contributed by atoms with Crippen LogP contribution < -0.4 is 10.6 Å². The van der Waals surface area contributed by atoms with Gasteiger partial charge >= 0.3 is 0 Å². The molecule has 2 aromatic rings. The number of hydrogen-bond acceptors (Lipinski definition) is 4. The number of hydrogen-bond donors (Lipinski definition) is 3. The molecule has 1 fully saturated rings. The van der Waals surface area contributed by atoms with E-state index in [0.717, 1.165) is 26.1 Å². The minimum atomic E-state index is -0.355. The van der Waals surface area contributed by atoms with Gasteiger partial charge in [-0.25, -0.2) is 0 Å². The molecule has 1 saturated heterocycles. The fraction of sp³-hybridized carbons (Fsp3) is 0.381. The van der Waals surface area contributed by atoms with Crippen LogP contribution in [0.25, 0.3) is 0 Å². The molecule has 1 atom stereocenters. The molecule has 0 aliphatic carbocycles. The van der Waals surface area contributed by atoms with Crippen molar-refractivity contribution >= 4 is 18.1 Å². The van der Waals surface area contributed by atoms with E-state index in [4.69, 9.17) is 0 Å². The number of nitrogens with one attached hydrogen (secondary N) is 3. The number of nitrogens with zero attached hydrogens (tertiary/aromatic N) is 1. The van der Waals surface area contributed by atoms with Gasteiger partial charge in [-0.2, -0.15) is 0 Å². The van der Waals surface area contributed by atoms with Crippen molar-refractivity contribution in [2.24, 2.45) is 0 Å². The Bertz CT molecular complexity index is 860. The third kappa shape index (κ3) is 4.67. The van der Waals surface area contributed by atoms with Crippen molar-refractivity contribution < 1.29 is 14.4 Å². The van der Waals surface area contributed by atoms with Gasteiger partial charge < -0.3 is 15.6 Å². The topological polar surface area (TPSA) is 94.3 Å². The molecule has 1 unspecified atom stereocenters. The number of aldehydes is 1. The average molecular weight is 382 g/mol. The van der Waals surface area contributed by atoms with E-state index in [1.165, 1.54) is 5.56 Å². The molecule has 0 radical (unpaired) electrons. The zero-order valence-electron chi connectivity index (χ0n) is 16.2. The minimum Gasteiger partial charge on any atom is -0.356 e. The van der Waals surface area contributed by atoms with Crippen molar-refractivity contribution in [2.45, 2.75) is 32.9 Å². The second-order valence-corrected chi connectivity index (χ2v) is 7.24. The van der Waals surface area contributed by atoms with Crippen molar-refractivity contribution in [3.63, 3.8) is 0 Å². The van der Waals surface area contributed by atoms with E-state index in [-0.39, 0.29) is 24.4 Å². The van der Waals surface area contributed by atoms with Gasteiger partial charge in [0.1, 0.15) is 0 Å². The van der Waals surface area contributed by atoms with E-state index in [0.29, 0.717) is 28.8 Å². The molecular weight excluding hydrogens is 356 g/mol. The molecule has 7 nitrogen and oxygen atoms in total. The quantitative estimate of drug-likeness (QED) is 0.634. The highest BCUT2D eigenvalue weighted by molar-refractivity contribution is 6.00. The summed E-state index contributed by atoms with van der Waals surface area (Å²) >= 11 is 0. The number of rotatable bonds is 7. The number of H-pyrrole nitrogens is 1. The van der Waals surface area contributed by atoms with Crippen molar-refractivity contribution in [3.05, 3.63) is 58.4 Å². The predicted octanol–water partition coefficient (Wildman–Crippen LogP) is 1.56. The van der Waals surface area contributed by atoms with Gasteiger partial charge in [-0.3, -0.25) is 19.3 Å². The molecule has 2 amide bonds. The largest absolute Gasteiger partial charge is 0.356 e. The highest BCUT2D eigenvalue weighted by atomic mass is 16.2. The van der Waals surface area contributed by atoms with Crippen LogP contribution in [0.2, 0.25) is 0 Å². The van der Waals surface area contributed by atoms with Gasteiger partial charge in [-0.1, -0.05) is 30.3 Å². The molecule has 3 N–H and O–H groups in total. The third-order valence-corrected chi connectivity index (χ3v) is 5.12. The number of likely N-dealkylation sites (tertiary alicyclic amines) is 1. The molecule has 3 rings (SSSR count). The molecule has 1 aromatic heterocycles. The lowest BCUT2D eigenvalue weighted by molar-refractivity contribution is -0.120. The van der Waals surface area contributed by atoms with Crippen LogP contribution >= 0.6 is 0 Å². The Morgan fingerprint density at radius 1 is 1.25 bits per heavy atom. The number of carbonyl (C=O) groups excluding carboxylic acids is 3. The summed E-state index contributed by atoms with van der Waals surface area (Å²) in [5.74, 6) is -0.562.